The lowest BCUT2D eigenvalue weighted by Crippen LogP contribution is -2.18. The Morgan fingerprint density at radius 2 is 2.00 bits per heavy atom. The van der Waals surface area contributed by atoms with Gasteiger partial charge in [0.05, 0.1) is 23.7 Å². The van der Waals surface area contributed by atoms with E-state index in [4.69, 9.17) is 5.73 Å². The van der Waals surface area contributed by atoms with Crippen molar-refractivity contribution in [3.05, 3.63) is 41.2 Å². The summed E-state index contributed by atoms with van der Waals surface area (Å²) in [4.78, 5) is 3.79. The van der Waals surface area contributed by atoms with Crippen LogP contribution in [0.5, 0.6) is 5.75 Å². The molecule has 0 unspecified atom stereocenters. The van der Waals surface area contributed by atoms with Gasteiger partial charge in [-0.2, -0.15) is 5.10 Å². The monoisotopic (exact) mass is 320 g/mol. The second-order valence-electron chi connectivity index (χ2n) is 4.15. The summed E-state index contributed by atoms with van der Waals surface area (Å²) in [5, 5.41) is 3.64. The average Bonchev–Trinajstić information content (AvgIpc) is 2.70. The molecule has 0 radical (unpaired) electrons. The SMILES string of the molecule is Cc1cn(N=Cc2c(OC(F)(F)F)ccc(F)c2F)c(N)n1. The van der Waals surface area contributed by atoms with Gasteiger partial charge in [-0.25, -0.2) is 18.4 Å². The highest BCUT2D eigenvalue weighted by Crippen LogP contribution is 2.28. The summed E-state index contributed by atoms with van der Waals surface area (Å²) in [5.41, 5.74) is 5.16. The molecule has 0 saturated heterocycles. The van der Waals surface area contributed by atoms with E-state index in [2.05, 4.69) is 14.8 Å². The van der Waals surface area contributed by atoms with Crippen LogP contribution in [-0.2, 0) is 0 Å². The molecule has 0 fully saturated rings. The van der Waals surface area contributed by atoms with Crippen molar-refractivity contribution in [2.24, 2.45) is 5.10 Å². The summed E-state index contributed by atoms with van der Waals surface area (Å²) in [7, 11) is 0. The van der Waals surface area contributed by atoms with Crippen molar-refractivity contribution in [2.75, 3.05) is 5.73 Å². The number of ether oxygens (including phenoxy) is 1. The number of nitrogens with zero attached hydrogens (tertiary/aromatic N) is 3. The molecular formula is C12H9F5N4O. The van der Waals surface area contributed by atoms with Crippen LogP contribution in [-0.4, -0.2) is 22.2 Å². The van der Waals surface area contributed by atoms with E-state index >= 15 is 0 Å². The van der Waals surface area contributed by atoms with Gasteiger partial charge in [0, 0.05) is 0 Å². The molecule has 0 aliphatic carbocycles. The Morgan fingerprint density at radius 3 is 2.55 bits per heavy atom. The van der Waals surface area contributed by atoms with E-state index in [1.54, 1.807) is 6.92 Å². The minimum absolute atomic E-state index is 0.0659. The molecule has 2 aromatic rings. The van der Waals surface area contributed by atoms with Crippen molar-refractivity contribution in [1.29, 1.82) is 0 Å². The fourth-order valence-electron chi connectivity index (χ4n) is 1.60. The third kappa shape index (κ3) is 3.51. The van der Waals surface area contributed by atoms with Gasteiger partial charge in [-0.15, -0.1) is 13.2 Å². The highest BCUT2D eigenvalue weighted by molar-refractivity contribution is 5.84. The molecule has 1 aromatic heterocycles. The van der Waals surface area contributed by atoms with Gasteiger partial charge in [0.1, 0.15) is 5.75 Å². The summed E-state index contributed by atoms with van der Waals surface area (Å²) in [6, 6.07) is 1.17. The molecule has 2 N–H and O–H groups in total. The molecular weight excluding hydrogens is 311 g/mol. The van der Waals surface area contributed by atoms with Gasteiger partial charge < -0.3 is 10.5 Å². The maximum atomic E-state index is 13.7. The number of nitrogens with two attached hydrogens (primary N) is 1. The van der Waals surface area contributed by atoms with Crippen molar-refractivity contribution in [1.82, 2.24) is 9.66 Å². The molecule has 2 rings (SSSR count). The van der Waals surface area contributed by atoms with Gasteiger partial charge >= 0.3 is 6.36 Å². The molecule has 22 heavy (non-hydrogen) atoms. The number of anilines is 1. The first-order chi connectivity index (χ1) is 10.2. The van der Waals surface area contributed by atoms with Crippen molar-refractivity contribution in [3.8, 4) is 5.75 Å². The number of nitrogen functional groups attached to an aromatic ring is 1. The smallest absolute Gasteiger partial charge is 0.405 e. The molecule has 0 aliphatic heterocycles. The number of halogens is 5. The number of hydrogen-bond acceptors (Lipinski definition) is 4. The van der Waals surface area contributed by atoms with E-state index in [-0.39, 0.29) is 5.95 Å². The largest absolute Gasteiger partial charge is 0.573 e. The zero-order valence-electron chi connectivity index (χ0n) is 11.0. The number of imidazole rings is 1. The van der Waals surface area contributed by atoms with E-state index in [1.165, 1.54) is 6.20 Å². The van der Waals surface area contributed by atoms with Crippen LogP contribution in [0.4, 0.5) is 27.9 Å². The Balaban J connectivity index is 2.44. The summed E-state index contributed by atoms with van der Waals surface area (Å²) in [6.45, 7) is 1.60. The topological polar surface area (TPSA) is 65.4 Å². The van der Waals surface area contributed by atoms with Crippen LogP contribution in [0.15, 0.2) is 23.4 Å². The standard InChI is InChI=1S/C12H9F5N4O/c1-6-5-21(11(18)20-6)19-4-7-9(22-12(15,16)17)3-2-8(13)10(7)14/h2-5H,1H3,(H2,18,20). The molecule has 10 heteroatoms. The third-order valence-corrected chi connectivity index (χ3v) is 2.46. The molecule has 0 aliphatic rings. The number of aryl methyl sites for hydroxylation is 1. The van der Waals surface area contributed by atoms with Gasteiger partial charge in [0.25, 0.3) is 0 Å². The third-order valence-electron chi connectivity index (χ3n) is 2.46. The Bertz CT molecular complexity index is 723. The molecule has 1 heterocycles. The van der Waals surface area contributed by atoms with Gasteiger partial charge in [-0.05, 0) is 19.1 Å². The maximum Gasteiger partial charge on any atom is 0.573 e. The Morgan fingerprint density at radius 1 is 1.32 bits per heavy atom. The predicted octanol–water partition coefficient (Wildman–Crippen LogP) is 2.83. The van der Waals surface area contributed by atoms with Gasteiger partial charge in [0.2, 0.25) is 5.95 Å². The van der Waals surface area contributed by atoms with E-state index in [1.807, 2.05) is 0 Å². The predicted molar refractivity (Wildman–Crippen MR) is 67.4 cm³/mol. The first-order valence-corrected chi connectivity index (χ1v) is 5.77. The normalized spacial score (nSPS) is 12.1. The fourth-order valence-corrected chi connectivity index (χ4v) is 1.60. The van der Waals surface area contributed by atoms with E-state index in [0.29, 0.717) is 24.0 Å². The van der Waals surface area contributed by atoms with Crippen LogP contribution < -0.4 is 10.5 Å². The van der Waals surface area contributed by atoms with Crippen LogP contribution in [0.3, 0.4) is 0 Å². The number of benzene rings is 1. The summed E-state index contributed by atoms with van der Waals surface area (Å²) >= 11 is 0. The lowest BCUT2D eigenvalue weighted by atomic mass is 10.2. The minimum Gasteiger partial charge on any atom is -0.405 e. The Labute approximate surface area is 120 Å². The van der Waals surface area contributed by atoms with Crippen LogP contribution >= 0.6 is 0 Å². The first kappa shape index (κ1) is 15.7. The van der Waals surface area contributed by atoms with Crippen LogP contribution in [0.25, 0.3) is 0 Å². The lowest BCUT2D eigenvalue weighted by molar-refractivity contribution is -0.274. The van der Waals surface area contributed by atoms with Crippen molar-refractivity contribution >= 4 is 12.2 Å². The number of aromatic nitrogens is 2. The number of rotatable bonds is 3. The minimum atomic E-state index is -5.06. The zero-order valence-corrected chi connectivity index (χ0v) is 11.0. The first-order valence-electron chi connectivity index (χ1n) is 5.77. The molecule has 0 amide bonds. The van der Waals surface area contributed by atoms with Gasteiger partial charge in [-0.3, -0.25) is 0 Å². The van der Waals surface area contributed by atoms with E-state index in [9.17, 15) is 22.0 Å². The molecule has 0 bridgehead atoms. The number of hydrogen-bond donors (Lipinski definition) is 1. The fraction of sp³-hybridized carbons (Fsp3) is 0.167. The van der Waals surface area contributed by atoms with Crippen molar-refractivity contribution in [3.63, 3.8) is 0 Å². The second-order valence-corrected chi connectivity index (χ2v) is 4.15. The molecule has 0 atom stereocenters. The van der Waals surface area contributed by atoms with Gasteiger partial charge in [-0.1, -0.05) is 0 Å². The molecule has 1 aromatic carbocycles. The quantitative estimate of drug-likeness (QED) is 0.698. The Kier molecular flexibility index (Phi) is 4.02. The van der Waals surface area contributed by atoms with Gasteiger partial charge in [0.15, 0.2) is 11.6 Å². The maximum absolute atomic E-state index is 13.7. The van der Waals surface area contributed by atoms with Crippen LogP contribution in [0.1, 0.15) is 11.3 Å². The summed E-state index contributed by atoms with van der Waals surface area (Å²) < 4.78 is 68.3. The highest BCUT2D eigenvalue weighted by Gasteiger charge is 2.33. The zero-order chi connectivity index (χ0) is 16.5. The second kappa shape index (κ2) is 5.62. The van der Waals surface area contributed by atoms with Crippen LogP contribution in [0.2, 0.25) is 0 Å². The average molecular weight is 320 g/mol. The molecule has 0 spiro atoms. The number of alkyl halides is 3. The molecule has 5 nitrogen and oxygen atoms in total. The molecule has 118 valence electrons. The van der Waals surface area contributed by atoms with E-state index < -0.39 is 29.3 Å². The van der Waals surface area contributed by atoms with Crippen molar-refractivity contribution in [2.45, 2.75) is 13.3 Å². The lowest BCUT2D eigenvalue weighted by Gasteiger charge is -2.11. The summed E-state index contributed by atoms with van der Waals surface area (Å²) in [5.74, 6) is -3.86. The molecule has 0 saturated carbocycles. The van der Waals surface area contributed by atoms with Crippen LogP contribution in [0, 0.1) is 18.6 Å². The summed E-state index contributed by atoms with van der Waals surface area (Å²) in [6.07, 6.45) is -3.04. The van der Waals surface area contributed by atoms with Crippen molar-refractivity contribution < 1.29 is 26.7 Å². The van der Waals surface area contributed by atoms with E-state index in [0.717, 1.165) is 4.68 Å². The highest BCUT2D eigenvalue weighted by atomic mass is 19.4. The Hall–Kier alpha value is -2.65.